The van der Waals surface area contributed by atoms with Gasteiger partial charge >= 0.3 is 0 Å². The molecule has 2 aromatic carbocycles. The molecule has 1 saturated heterocycles. The molecule has 1 aliphatic heterocycles. The van der Waals surface area contributed by atoms with Gasteiger partial charge in [-0.2, -0.15) is 5.10 Å². The summed E-state index contributed by atoms with van der Waals surface area (Å²) in [5.74, 6) is -0.284. The Balaban J connectivity index is 1.80. The summed E-state index contributed by atoms with van der Waals surface area (Å²) in [4.78, 5) is 14.4. The van der Waals surface area contributed by atoms with Crippen molar-refractivity contribution in [2.24, 2.45) is 10.2 Å². The molecule has 4 nitrogen and oxygen atoms in total. The van der Waals surface area contributed by atoms with Crippen molar-refractivity contribution in [1.29, 1.82) is 0 Å². The number of carbonyl (C=O) groups excluding carboxylic acids is 1. The van der Waals surface area contributed by atoms with E-state index in [1.165, 1.54) is 23.9 Å². The van der Waals surface area contributed by atoms with E-state index in [0.29, 0.717) is 23.8 Å². The summed E-state index contributed by atoms with van der Waals surface area (Å²) in [7, 11) is 0. The Kier molecular flexibility index (Phi) is 6.19. The van der Waals surface area contributed by atoms with Gasteiger partial charge < -0.3 is 0 Å². The molecule has 1 amide bonds. The van der Waals surface area contributed by atoms with Crippen molar-refractivity contribution < 1.29 is 9.18 Å². The zero-order valence-electron chi connectivity index (χ0n) is 15.0. The van der Waals surface area contributed by atoms with Crippen molar-refractivity contribution in [2.75, 3.05) is 6.54 Å². The molecule has 0 N–H and O–H groups in total. The largest absolute Gasteiger partial charge is 0.285 e. The van der Waals surface area contributed by atoms with Gasteiger partial charge in [-0.05, 0) is 36.6 Å². The van der Waals surface area contributed by atoms with Crippen molar-refractivity contribution in [3.05, 3.63) is 84.2 Å². The molecule has 3 rings (SSSR count). The van der Waals surface area contributed by atoms with E-state index < -0.39 is 0 Å². The first-order valence-electron chi connectivity index (χ1n) is 8.59. The van der Waals surface area contributed by atoms with Crippen LogP contribution in [0.2, 0.25) is 0 Å². The molecule has 0 aliphatic carbocycles. The third-order valence-electron chi connectivity index (χ3n) is 4.14. The highest BCUT2D eigenvalue weighted by molar-refractivity contribution is 8.15. The van der Waals surface area contributed by atoms with Crippen LogP contribution in [0, 0.1) is 5.82 Å². The summed E-state index contributed by atoms with van der Waals surface area (Å²) >= 11 is 1.41. The van der Waals surface area contributed by atoms with Gasteiger partial charge in [0.2, 0.25) is 5.91 Å². The lowest BCUT2D eigenvalue weighted by Crippen LogP contribution is -2.32. The Hall–Kier alpha value is -2.73. The van der Waals surface area contributed by atoms with E-state index >= 15 is 0 Å². The zero-order valence-corrected chi connectivity index (χ0v) is 15.8. The number of hydrogen-bond donors (Lipinski definition) is 0. The van der Waals surface area contributed by atoms with Gasteiger partial charge in [-0.15, -0.1) is 11.7 Å². The molecule has 0 spiro atoms. The van der Waals surface area contributed by atoms with Crippen molar-refractivity contribution in [3.8, 4) is 0 Å². The molecule has 0 aromatic heterocycles. The summed E-state index contributed by atoms with van der Waals surface area (Å²) in [6, 6.07) is 16.0. The van der Waals surface area contributed by atoms with Crippen molar-refractivity contribution >= 4 is 28.5 Å². The van der Waals surface area contributed by atoms with Crippen LogP contribution >= 0.6 is 11.8 Å². The van der Waals surface area contributed by atoms with Gasteiger partial charge in [0.15, 0.2) is 5.17 Å². The molecule has 1 fully saturated rings. The van der Waals surface area contributed by atoms with E-state index in [9.17, 15) is 9.18 Å². The molecule has 0 saturated carbocycles. The second kappa shape index (κ2) is 8.77. The third-order valence-corrected chi connectivity index (χ3v) is 5.31. The first kappa shape index (κ1) is 19.0. The van der Waals surface area contributed by atoms with Crippen LogP contribution in [0.25, 0.3) is 0 Å². The van der Waals surface area contributed by atoms with Crippen LogP contribution < -0.4 is 0 Å². The van der Waals surface area contributed by atoms with Gasteiger partial charge in [0.25, 0.3) is 0 Å². The van der Waals surface area contributed by atoms with E-state index in [1.807, 2.05) is 30.3 Å². The maximum atomic E-state index is 13.1. The fraction of sp³-hybridized carbons (Fsp3) is 0.190. The second-order valence-corrected chi connectivity index (χ2v) is 7.28. The lowest BCUT2D eigenvalue weighted by molar-refractivity contribution is -0.125. The number of nitrogens with zero attached hydrogens (tertiary/aromatic N) is 3. The van der Waals surface area contributed by atoms with E-state index in [2.05, 4.69) is 16.8 Å². The average molecular weight is 381 g/mol. The van der Waals surface area contributed by atoms with E-state index in [-0.39, 0.29) is 17.0 Å². The van der Waals surface area contributed by atoms with E-state index in [4.69, 9.17) is 0 Å². The number of benzene rings is 2. The third kappa shape index (κ3) is 4.71. The Morgan fingerprint density at radius 3 is 2.59 bits per heavy atom. The fourth-order valence-corrected chi connectivity index (χ4v) is 3.85. The quantitative estimate of drug-likeness (QED) is 0.426. The van der Waals surface area contributed by atoms with Gasteiger partial charge in [0.05, 0.1) is 11.0 Å². The zero-order chi connectivity index (χ0) is 19.2. The minimum Gasteiger partial charge on any atom is -0.285 e. The SMILES string of the molecule is C=CCN1C(=O)C(Cc2ccccc2)S/C1=N/N=C(\C)c1ccc(F)cc1. The Morgan fingerprint density at radius 1 is 1.22 bits per heavy atom. The number of rotatable bonds is 6. The van der Waals surface area contributed by atoms with Gasteiger partial charge in [-0.25, -0.2) is 4.39 Å². The topological polar surface area (TPSA) is 45.0 Å². The molecule has 0 radical (unpaired) electrons. The number of halogens is 1. The van der Waals surface area contributed by atoms with Gasteiger partial charge in [0.1, 0.15) is 5.82 Å². The molecule has 138 valence electrons. The molecular weight excluding hydrogens is 361 g/mol. The van der Waals surface area contributed by atoms with Gasteiger partial charge in [-0.1, -0.05) is 60.3 Å². The minimum atomic E-state index is -0.296. The number of hydrogen-bond acceptors (Lipinski definition) is 4. The Morgan fingerprint density at radius 2 is 1.93 bits per heavy atom. The molecule has 2 aromatic rings. The van der Waals surface area contributed by atoms with E-state index in [1.54, 1.807) is 30.0 Å². The molecule has 1 heterocycles. The fourth-order valence-electron chi connectivity index (χ4n) is 2.71. The van der Waals surface area contributed by atoms with Crippen LogP contribution in [-0.2, 0) is 11.2 Å². The summed E-state index contributed by atoms with van der Waals surface area (Å²) < 4.78 is 13.1. The molecule has 6 heteroatoms. The van der Waals surface area contributed by atoms with Crippen LogP contribution in [0.15, 0.2) is 77.5 Å². The summed E-state index contributed by atoms with van der Waals surface area (Å²) in [6.07, 6.45) is 2.31. The predicted molar refractivity (Wildman–Crippen MR) is 109 cm³/mol. The lowest BCUT2D eigenvalue weighted by atomic mass is 10.1. The van der Waals surface area contributed by atoms with Crippen LogP contribution in [0.4, 0.5) is 4.39 Å². The summed E-state index contributed by atoms with van der Waals surface area (Å²) in [6.45, 7) is 5.92. The Labute approximate surface area is 162 Å². The first-order chi connectivity index (χ1) is 13.1. The highest BCUT2D eigenvalue weighted by Crippen LogP contribution is 2.30. The lowest BCUT2D eigenvalue weighted by Gasteiger charge is -2.13. The molecule has 27 heavy (non-hydrogen) atoms. The van der Waals surface area contributed by atoms with Crippen LogP contribution in [0.5, 0.6) is 0 Å². The number of amidine groups is 1. The van der Waals surface area contributed by atoms with Crippen molar-refractivity contribution in [2.45, 2.75) is 18.6 Å². The molecule has 1 unspecified atom stereocenters. The predicted octanol–water partition coefficient (Wildman–Crippen LogP) is 4.28. The number of carbonyl (C=O) groups is 1. The smallest absolute Gasteiger partial charge is 0.242 e. The molecule has 1 aliphatic rings. The van der Waals surface area contributed by atoms with Crippen molar-refractivity contribution in [1.82, 2.24) is 4.90 Å². The number of amides is 1. The summed E-state index contributed by atoms with van der Waals surface area (Å²) in [5.41, 5.74) is 2.54. The second-order valence-electron chi connectivity index (χ2n) is 6.11. The normalized spacial score (nSPS) is 19.0. The monoisotopic (exact) mass is 381 g/mol. The van der Waals surface area contributed by atoms with Crippen LogP contribution in [-0.4, -0.2) is 33.5 Å². The Bertz CT molecular complexity index is 878. The van der Waals surface area contributed by atoms with Crippen molar-refractivity contribution in [3.63, 3.8) is 0 Å². The summed E-state index contributed by atoms with van der Waals surface area (Å²) in [5, 5.41) is 8.87. The van der Waals surface area contributed by atoms with Crippen LogP contribution in [0.3, 0.4) is 0 Å². The molecular formula is C21H20FN3OS. The first-order valence-corrected chi connectivity index (χ1v) is 9.47. The van der Waals surface area contributed by atoms with E-state index in [0.717, 1.165) is 11.1 Å². The molecule has 0 bridgehead atoms. The highest BCUT2D eigenvalue weighted by atomic mass is 32.2. The molecule has 1 atom stereocenters. The highest BCUT2D eigenvalue weighted by Gasteiger charge is 2.37. The number of thioether (sulfide) groups is 1. The van der Waals surface area contributed by atoms with Gasteiger partial charge in [-0.3, -0.25) is 9.69 Å². The standard InChI is InChI=1S/C21H20FN3OS/c1-3-13-25-20(26)19(14-16-7-5-4-6-8-16)27-21(25)24-23-15(2)17-9-11-18(22)12-10-17/h3-12,19H,1,13-14H2,2H3/b23-15+,24-21+. The average Bonchev–Trinajstić information content (AvgIpc) is 2.97. The maximum Gasteiger partial charge on any atom is 0.242 e. The van der Waals surface area contributed by atoms with Crippen LogP contribution in [0.1, 0.15) is 18.1 Å². The van der Waals surface area contributed by atoms with Gasteiger partial charge in [0, 0.05) is 6.54 Å². The maximum absolute atomic E-state index is 13.1. The minimum absolute atomic E-state index is 0.0112.